The van der Waals surface area contributed by atoms with Gasteiger partial charge < -0.3 is 5.11 Å². The van der Waals surface area contributed by atoms with Crippen molar-refractivity contribution in [3.63, 3.8) is 0 Å². The van der Waals surface area contributed by atoms with Crippen molar-refractivity contribution in [2.24, 2.45) is 0 Å². The van der Waals surface area contributed by atoms with Gasteiger partial charge in [-0.15, -0.1) is 23.1 Å². The largest absolute Gasteiger partial charge is 0.478 e. The topological polar surface area (TPSA) is 37.3 Å². The van der Waals surface area contributed by atoms with Crippen LogP contribution in [0.25, 0.3) is 10.1 Å². The first-order valence-electron chi connectivity index (χ1n) is 4.01. The molecule has 72 valence electrons. The lowest BCUT2D eigenvalue weighted by Gasteiger charge is -1.97. The summed E-state index contributed by atoms with van der Waals surface area (Å²) in [4.78, 5) is 12.1. The Morgan fingerprint density at radius 2 is 2.29 bits per heavy atom. The lowest BCUT2D eigenvalue weighted by molar-refractivity contribution is 0.0699. The van der Waals surface area contributed by atoms with E-state index in [2.05, 4.69) is 0 Å². The number of hydrogen-bond acceptors (Lipinski definition) is 3. The van der Waals surface area contributed by atoms with Crippen molar-refractivity contribution >= 4 is 39.2 Å². The number of thiophene rings is 1. The molecule has 4 heteroatoms. The van der Waals surface area contributed by atoms with E-state index in [0.29, 0.717) is 5.56 Å². The summed E-state index contributed by atoms with van der Waals surface area (Å²) in [5.41, 5.74) is 0.396. The van der Waals surface area contributed by atoms with Gasteiger partial charge in [-0.05, 0) is 12.3 Å². The van der Waals surface area contributed by atoms with Gasteiger partial charge in [0.1, 0.15) is 0 Å². The molecule has 0 aliphatic heterocycles. The normalized spacial score (nSPS) is 10.6. The Morgan fingerprint density at radius 3 is 2.93 bits per heavy atom. The third kappa shape index (κ3) is 1.40. The highest BCUT2D eigenvalue weighted by Crippen LogP contribution is 2.34. The van der Waals surface area contributed by atoms with E-state index in [1.54, 1.807) is 23.9 Å². The van der Waals surface area contributed by atoms with Gasteiger partial charge in [0, 0.05) is 20.4 Å². The highest BCUT2D eigenvalue weighted by Gasteiger charge is 2.11. The first kappa shape index (κ1) is 9.55. The summed E-state index contributed by atoms with van der Waals surface area (Å²) in [6.07, 6.45) is 1.99. The van der Waals surface area contributed by atoms with Crippen LogP contribution in [0.4, 0.5) is 0 Å². The van der Waals surface area contributed by atoms with Crippen molar-refractivity contribution in [2.45, 2.75) is 4.90 Å². The predicted octanol–water partition coefficient (Wildman–Crippen LogP) is 3.32. The fourth-order valence-electron chi connectivity index (χ4n) is 1.36. The summed E-state index contributed by atoms with van der Waals surface area (Å²) in [5, 5.41) is 12.0. The molecule has 14 heavy (non-hydrogen) atoms. The Bertz CT molecular complexity index is 488. The molecule has 2 aromatic rings. The van der Waals surface area contributed by atoms with Gasteiger partial charge in [0.15, 0.2) is 0 Å². The molecule has 0 fully saturated rings. The summed E-state index contributed by atoms with van der Waals surface area (Å²) >= 11 is 3.13. The molecule has 2 nitrogen and oxygen atoms in total. The molecule has 0 aliphatic carbocycles. The monoisotopic (exact) mass is 224 g/mol. The molecule has 0 saturated carbocycles. The van der Waals surface area contributed by atoms with E-state index in [9.17, 15) is 4.79 Å². The van der Waals surface area contributed by atoms with E-state index in [-0.39, 0.29) is 0 Å². The van der Waals surface area contributed by atoms with Gasteiger partial charge in [-0.25, -0.2) is 4.79 Å². The van der Waals surface area contributed by atoms with Crippen LogP contribution in [0.5, 0.6) is 0 Å². The zero-order chi connectivity index (χ0) is 10.1. The van der Waals surface area contributed by atoms with E-state index in [4.69, 9.17) is 5.11 Å². The van der Waals surface area contributed by atoms with Crippen LogP contribution in [0.15, 0.2) is 28.5 Å². The maximum Gasteiger partial charge on any atom is 0.337 e. The second-order valence-electron chi connectivity index (χ2n) is 2.79. The molecule has 2 rings (SSSR count). The Hall–Kier alpha value is -1.00. The SMILES string of the molecule is CSc1csc2c(C(=O)O)cccc12. The Kier molecular flexibility index (Phi) is 2.48. The summed E-state index contributed by atoms with van der Waals surface area (Å²) in [7, 11) is 0. The molecular weight excluding hydrogens is 216 g/mol. The Morgan fingerprint density at radius 1 is 1.50 bits per heavy atom. The molecule has 0 atom stereocenters. The molecule has 1 N–H and O–H groups in total. The molecule has 0 unspecified atom stereocenters. The summed E-state index contributed by atoms with van der Waals surface area (Å²) in [6.45, 7) is 0. The van der Waals surface area contributed by atoms with Crippen LogP contribution in [0.2, 0.25) is 0 Å². The number of carboxylic acids is 1. The molecule has 0 spiro atoms. The van der Waals surface area contributed by atoms with Gasteiger partial charge in [-0.2, -0.15) is 0 Å². The van der Waals surface area contributed by atoms with Crippen molar-refractivity contribution in [1.29, 1.82) is 0 Å². The molecule has 0 saturated heterocycles. The van der Waals surface area contributed by atoms with Crippen LogP contribution in [-0.2, 0) is 0 Å². The third-order valence-corrected chi connectivity index (χ3v) is 3.97. The lowest BCUT2D eigenvalue weighted by atomic mass is 10.2. The van der Waals surface area contributed by atoms with E-state index in [0.717, 1.165) is 15.0 Å². The van der Waals surface area contributed by atoms with E-state index in [1.807, 2.05) is 17.7 Å². The molecular formula is C10H8O2S2. The number of benzene rings is 1. The van der Waals surface area contributed by atoms with E-state index < -0.39 is 5.97 Å². The number of carboxylic acid groups (broad SMARTS) is 1. The highest BCUT2D eigenvalue weighted by atomic mass is 32.2. The van der Waals surface area contributed by atoms with Crippen molar-refractivity contribution < 1.29 is 9.90 Å². The van der Waals surface area contributed by atoms with Crippen LogP contribution >= 0.6 is 23.1 Å². The van der Waals surface area contributed by atoms with Crippen molar-refractivity contribution in [3.8, 4) is 0 Å². The third-order valence-electron chi connectivity index (χ3n) is 2.01. The molecule has 1 aromatic carbocycles. The molecule has 0 radical (unpaired) electrons. The number of thioether (sulfide) groups is 1. The van der Waals surface area contributed by atoms with Crippen molar-refractivity contribution in [3.05, 3.63) is 29.1 Å². The fourth-order valence-corrected chi connectivity index (χ4v) is 3.28. The number of aromatic carboxylic acids is 1. The molecule has 0 amide bonds. The number of carbonyl (C=O) groups is 1. The second kappa shape index (κ2) is 3.63. The van der Waals surface area contributed by atoms with Gasteiger partial charge in [-0.1, -0.05) is 12.1 Å². The molecule has 1 aromatic heterocycles. The van der Waals surface area contributed by atoms with Crippen LogP contribution in [-0.4, -0.2) is 17.3 Å². The van der Waals surface area contributed by atoms with Gasteiger partial charge in [-0.3, -0.25) is 0 Å². The highest BCUT2D eigenvalue weighted by molar-refractivity contribution is 7.99. The maximum atomic E-state index is 10.9. The zero-order valence-electron chi connectivity index (χ0n) is 7.48. The van der Waals surface area contributed by atoms with Gasteiger partial charge in [0.05, 0.1) is 5.56 Å². The zero-order valence-corrected chi connectivity index (χ0v) is 9.11. The molecule has 1 heterocycles. The van der Waals surface area contributed by atoms with Crippen LogP contribution < -0.4 is 0 Å². The first-order chi connectivity index (χ1) is 6.74. The van der Waals surface area contributed by atoms with Gasteiger partial charge in [0.25, 0.3) is 0 Å². The quantitative estimate of drug-likeness (QED) is 0.795. The standard InChI is InChI=1S/C10H8O2S2/c1-13-8-5-14-9-6(8)3-2-4-7(9)10(11)12/h2-5H,1H3,(H,11,12). The average Bonchev–Trinajstić information content (AvgIpc) is 2.59. The molecule has 0 aliphatic rings. The number of fused-ring (bicyclic) bond motifs is 1. The predicted molar refractivity (Wildman–Crippen MR) is 60.6 cm³/mol. The Balaban J connectivity index is 2.76. The lowest BCUT2D eigenvalue weighted by Crippen LogP contribution is -1.95. The van der Waals surface area contributed by atoms with E-state index >= 15 is 0 Å². The van der Waals surface area contributed by atoms with Crippen molar-refractivity contribution in [1.82, 2.24) is 0 Å². The average molecular weight is 224 g/mol. The fraction of sp³-hybridized carbons (Fsp3) is 0.100. The smallest absolute Gasteiger partial charge is 0.337 e. The summed E-state index contributed by atoms with van der Waals surface area (Å²) in [5.74, 6) is -0.856. The molecule has 0 bridgehead atoms. The minimum absolute atomic E-state index is 0.396. The minimum atomic E-state index is -0.856. The first-order valence-corrected chi connectivity index (χ1v) is 6.12. The van der Waals surface area contributed by atoms with Crippen LogP contribution in [0.1, 0.15) is 10.4 Å². The second-order valence-corrected chi connectivity index (χ2v) is 4.52. The number of hydrogen-bond donors (Lipinski definition) is 1. The Labute approximate surface area is 89.6 Å². The summed E-state index contributed by atoms with van der Waals surface area (Å²) < 4.78 is 0.865. The van der Waals surface area contributed by atoms with Gasteiger partial charge >= 0.3 is 5.97 Å². The van der Waals surface area contributed by atoms with Crippen LogP contribution in [0.3, 0.4) is 0 Å². The summed E-state index contributed by atoms with van der Waals surface area (Å²) in [6, 6.07) is 5.40. The minimum Gasteiger partial charge on any atom is -0.478 e. The number of rotatable bonds is 2. The van der Waals surface area contributed by atoms with Crippen molar-refractivity contribution in [2.75, 3.05) is 6.26 Å². The van der Waals surface area contributed by atoms with E-state index in [1.165, 1.54) is 11.3 Å². The maximum absolute atomic E-state index is 10.9. The van der Waals surface area contributed by atoms with Crippen LogP contribution in [0, 0.1) is 0 Å². The van der Waals surface area contributed by atoms with Gasteiger partial charge in [0.2, 0.25) is 0 Å².